The molecule has 0 saturated heterocycles. The number of carbonyl (C=O) groups is 1. The molecule has 0 bridgehead atoms. The Bertz CT molecular complexity index is 528. The van der Waals surface area contributed by atoms with Gasteiger partial charge >= 0.3 is 0 Å². The van der Waals surface area contributed by atoms with E-state index in [9.17, 15) is 4.79 Å². The van der Waals surface area contributed by atoms with E-state index in [2.05, 4.69) is 10.3 Å². The number of nitrogens with two attached hydrogens (primary N) is 1. The normalized spacial score (nSPS) is 11.0. The number of nitrogens with zero attached hydrogens (tertiary/aromatic N) is 2. The zero-order valence-corrected chi connectivity index (χ0v) is 13.4. The Morgan fingerprint density at radius 2 is 2.00 bits per heavy atom. The fourth-order valence-corrected chi connectivity index (χ4v) is 1.65. The molecule has 0 aliphatic heterocycles. The zero-order chi connectivity index (χ0) is 13.7. The molecule has 3 N–H and O–H groups in total. The van der Waals surface area contributed by atoms with Gasteiger partial charge in [-0.15, -0.1) is 24.8 Å². The third-order valence-electron chi connectivity index (χ3n) is 2.95. The van der Waals surface area contributed by atoms with Crippen LogP contribution in [0.15, 0.2) is 43.0 Å². The summed E-state index contributed by atoms with van der Waals surface area (Å²) in [5.74, 6) is 0.214. The first kappa shape index (κ1) is 19.4. The van der Waals surface area contributed by atoms with Crippen molar-refractivity contribution in [2.75, 3.05) is 13.1 Å². The largest absolute Gasteiger partial charge is 0.352 e. The van der Waals surface area contributed by atoms with Crippen LogP contribution in [0.1, 0.15) is 17.3 Å². The van der Waals surface area contributed by atoms with Gasteiger partial charge in [-0.05, 0) is 36.7 Å². The molecule has 0 aliphatic rings. The summed E-state index contributed by atoms with van der Waals surface area (Å²) in [6.07, 6.45) is 5.30. The van der Waals surface area contributed by atoms with Crippen LogP contribution < -0.4 is 11.1 Å². The smallest absolute Gasteiger partial charge is 0.251 e. The molecule has 0 spiro atoms. The summed E-state index contributed by atoms with van der Waals surface area (Å²) in [5.41, 5.74) is 7.13. The molecule has 1 aromatic carbocycles. The van der Waals surface area contributed by atoms with E-state index in [1.54, 1.807) is 24.7 Å². The molecule has 5 nitrogen and oxygen atoms in total. The minimum Gasteiger partial charge on any atom is -0.352 e. The quantitative estimate of drug-likeness (QED) is 0.881. The summed E-state index contributed by atoms with van der Waals surface area (Å²) >= 11 is 0. The van der Waals surface area contributed by atoms with Gasteiger partial charge in [0.15, 0.2) is 0 Å². The molecule has 2 aromatic rings. The molecule has 1 aromatic heterocycles. The van der Waals surface area contributed by atoms with Crippen molar-refractivity contribution in [3.63, 3.8) is 0 Å². The molecule has 0 radical (unpaired) electrons. The van der Waals surface area contributed by atoms with Gasteiger partial charge in [0, 0.05) is 30.2 Å². The molecular formula is C14H20Cl2N4O. The van der Waals surface area contributed by atoms with Crippen LogP contribution in [0.2, 0.25) is 0 Å². The van der Waals surface area contributed by atoms with E-state index in [1.165, 1.54) is 0 Å². The van der Waals surface area contributed by atoms with Crippen LogP contribution in [0, 0.1) is 5.92 Å². The summed E-state index contributed by atoms with van der Waals surface area (Å²) in [6.45, 7) is 3.17. The van der Waals surface area contributed by atoms with Crippen molar-refractivity contribution < 1.29 is 4.79 Å². The van der Waals surface area contributed by atoms with Crippen molar-refractivity contribution >= 4 is 30.7 Å². The fourth-order valence-electron chi connectivity index (χ4n) is 1.65. The van der Waals surface area contributed by atoms with Gasteiger partial charge in [0.25, 0.3) is 5.91 Å². The first-order valence-corrected chi connectivity index (χ1v) is 6.27. The number of nitrogens with one attached hydrogen (secondary N) is 1. The average molecular weight is 331 g/mol. The maximum atomic E-state index is 11.9. The first-order valence-electron chi connectivity index (χ1n) is 6.27. The zero-order valence-electron chi connectivity index (χ0n) is 11.7. The monoisotopic (exact) mass is 330 g/mol. The van der Waals surface area contributed by atoms with Gasteiger partial charge in [-0.2, -0.15) is 0 Å². The summed E-state index contributed by atoms with van der Waals surface area (Å²) in [5, 5.41) is 2.87. The molecule has 21 heavy (non-hydrogen) atoms. The molecule has 1 unspecified atom stereocenters. The number of carbonyl (C=O) groups excluding carboxylic acids is 1. The van der Waals surface area contributed by atoms with Gasteiger partial charge in [-0.3, -0.25) is 4.79 Å². The predicted molar refractivity (Wildman–Crippen MR) is 88.6 cm³/mol. The van der Waals surface area contributed by atoms with Crippen LogP contribution in [0.25, 0.3) is 5.69 Å². The van der Waals surface area contributed by atoms with Crippen molar-refractivity contribution in [1.29, 1.82) is 0 Å². The number of aromatic nitrogens is 2. The van der Waals surface area contributed by atoms with Crippen molar-refractivity contribution in [2.45, 2.75) is 6.92 Å². The minimum absolute atomic E-state index is 0. The lowest BCUT2D eigenvalue weighted by Gasteiger charge is -2.10. The highest BCUT2D eigenvalue weighted by atomic mass is 35.5. The van der Waals surface area contributed by atoms with Gasteiger partial charge in [-0.25, -0.2) is 4.98 Å². The molecule has 2 rings (SSSR count). The Morgan fingerprint density at radius 1 is 1.33 bits per heavy atom. The summed E-state index contributed by atoms with van der Waals surface area (Å²) in [6, 6.07) is 7.39. The number of imidazole rings is 1. The van der Waals surface area contributed by atoms with Crippen molar-refractivity contribution in [3.05, 3.63) is 48.5 Å². The maximum absolute atomic E-state index is 11.9. The Kier molecular flexibility index (Phi) is 8.69. The van der Waals surface area contributed by atoms with Crippen molar-refractivity contribution in [1.82, 2.24) is 14.9 Å². The topological polar surface area (TPSA) is 72.9 Å². The average Bonchev–Trinajstić information content (AvgIpc) is 2.98. The third-order valence-corrected chi connectivity index (χ3v) is 2.95. The molecule has 1 atom stereocenters. The summed E-state index contributed by atoms with van der Waals surface area (Å²) in [4.78, 5) is 15.9. The minimum atomic E-state index is -0.0718. The van der Waals surface area contributed by atoms with Crippen molar-refractivity contribution in [3.8, 4) is 5.69 Å². The van der Waals surface area contributed by atoms with E-state index in [-0.39, 0.29) is 36.6 Å². The number of hydrogen-bond donors (Lipinski definition) is 2. The Hall–Kier alpha value is -1.56. The highest BCUT2D eigenvalue weighted by Gasteiger charge is 2.07. The molecular weight excluding hydrogens is 311 g/mol. The number of halogens is 2. The Morgan fingerprint density at radius 3 is 2.52 bits per heavy atom. The highest BCUT2D eigenvalue weighted by molar-refractivity contribution is 5.94. The van der Waals surface area contributed by atoms with E-state index in [0.29, 0.717) is 18.7 Å². The molecule has 0 saturated carbocycles. The fraction of sp³-hybridized carbons (Fsp3) is 0.286. The lowest BCUT2D eigenvalue weighted by atomic mass is 10.1. The highest BCUT2D eigenvalue weighted by Crippen LogP contribution is 2.09. The Labute approximate surface area is 136 Å². The van der Waals surface area contributed by atoms with Gasteiger partial charge in [-0.1, -0.05) is 6.92 Å². The van der Waals surface area contributed by atoms with Crippen LogP contribution >= 0.6 is 24.8 Å². The van der Waals surface area contributed by atoms with Gasteiger partial charge < -0.3 is 15.6 Å². The second-order valence-corrected chi connectivity index (χ2v) is 4.57. The van der Waals surface area contributed by atoms with E-state index in [4.69, 9.17) is 5.73 Å². The van der Waals surface area contributed by atoms with Crippen LogP contribution in [-0.2, 0) is 0 Å². The molecule has 0 fully saturated rings. The number of amides is 1. The van der Waals surface area contributed by atoms with Crippen molar-refractivity contribution in [2.24, 2.45) is 11.7 Å². The second-order valence-electron chi connectivity index (χ2n) is 4.57. The van der Waals surface area contributed by atoms with E-state index < -0.39 is 0 Å². The van der Waals surface area contributed by atoms with Gasteiger partial charge in [0.2, 0.25) is 0 Å². The van der Waals surface area contributed by atoms with E-state index >= 15 is 0 Å². The lowest BCUT2D eigenvalue weighted by Crippen LogP contribution is -2.31. The SMILES string of the molecule is CC(CN)CNC(=O)c1ccc(-n2ccnc2)cc1.Cl.Cl. The Balaban J connectivity index is 0.00000200. The molecule has 1 heterocycles. The third kappa shape index (κ3) is 5.38. The van der Waals surface area contributed by atoms with Gasteiger partial charge in [0.05, 0.1) is 6.33 Å². The van der Waals surface area contributed by atoms with Crippen LogP contribution in [0.3, 0.4) is 0 Å². The van der Waals surface area contributed by atoms with Crippen LogP contribution in [0.4, 0.5) is 0 Å². The lowest BCUT2D eigenvalue weighted by molar-refractivity contribution is 0.0948. The van der Waals surface area contributed by atoms with Crippen LogP contribution in [-0.4, -0.2) is 28.5 Å². The molecule has 7 heteroatoms. The number of benzene rings is 1. The van der Waals surface area contributed by atoms with Crippen LogP contribution in [0.5, 0.6) is 0 Å². The standard InChI is InChI=1S/C14H18N4O.2ClH/c1-11(8-15)9-17-14(19)12-2-4-13(5-3-12)18-7-6-16-10-18;;/h2-7,10-11H,8-9,15H2,1H3,(H,17,19);2*1H. The molecule has 1 amide bonds. The second kappa shape index (κ2) is 9.39. The van der Waals surface area contributed by atoms with E-state index in [1.807, 2.05) is 29.8 Å². The first-order chi connectivity index (χ1) is 9.20. The summed E-state index contributed by atoms with van der Waals surface area (Å²) in [7, 11) is 0. The van der Waals surface area contributed by atoms with E-state index in [0.717, 1.165) is 5.69 Å². The summed E-state index contributed by atoms with van der Waals surface area (Å²) < 4.78 is 1.89. The van der Waals surface area contributed by atoms with Gasteiger partial charge in [0.1, 0.15) is 0 Å². The number of rotatable bonds is 5. The maximum Gasteiger partial charge on any atom is 0.251 e. The predicted octanol–water partition coefficient (Wildman–Crippen LogP) is 2.04. The molecule has 0 aliphatic carbocycles. The molecule has 116 valence electrons. The number of hydrogen-bond acceptors (Lipinski definition) is 3.